The predicted molar refractivity (Wildman–Crippen MR) is 115 cm³/mol. The Bertz CT molecular complexity index is 1010. The maximum Gasteiger partial charge on any atom is 0.247 e. The van der Waals surface area contributed by atoms with Crippen LogP contribution < -0.4 is 10.6 Å². The summed E-state index contributed by atoms with van der Waals surface area (Å²) in [7, 11) is 0. The number of hydrogen-bond acceptors (Lipinski definition) is 6. The summed E-state index contributed by atoms with van der Waals surface area (Å²) < 4.78 is 5.77. The molecule has 3 aromatic rings. The summed E-state index contributed by atoms with van der Waals surface area (Å²) in [6.07, 6.45) is 0. The van der Waals surface area contributed by atoms with Gasteiger partial charge in [0.2, 0.25) is 23.6 Å². The first-order valence-electron chi connectivity index (χ1n) is 9.72. The van der Waals surface area contributed by atoms with Crippen LogP contribution in [0.5, 0.6) is 0 Å². The van der Waals surface area contributed by atoms with Crippen LogP contribution in [0.3, 0.4) is 0 Å². The highest BCUT2D eigenvalue weighted by atomic mass is 16.4. The number of rotatable bonds is 8. The molecular weight excluding hydrogens is 382 g/mol. The zero-order valence-electron chi connectivity index (χ0n) is 17.3. The van der Waals surface area contributed by atoms with E-state index in [0.29, 0.717) is 36.2 Å². The average Bonchev–Trinajstić information content (AvgIpc) is 3.17. The molecule has 8 heteroatoms. The van der Waals surface area contributed by atoms with Gasteiger partial charge < -0.3 is 15.1 Å². The largest absolute Gasteiger partial charge is 0.419 e. The number of likely N-dealkylation sites (N-methyl/N-ethyl adjacent to an activating group) is 1. The lowest BCUT2D eigenvalue weighted by molar-refractivity contribution is -0.117. The van der Waals surface area contributed by atoms with Gasteiger partial charge in [0.05, 0.1) is 13.1 Å². The van der Waals surface area contributed by atoms with Gasteiger partial charge in [-0.3, -0.25) is 14.5 Å². The number of aryl methyl sites for hydroxylation is 1. The molecule has 0 aliphatic heterocycles. The number of nitrogens with zero attached hydrogens (tertiary/aromatic N) is 3. The van der Waals surface area contributed by atoms with Gasteiger partial charge in [-0.25, -0.2) is 0 Å². The van der Waals surface area contributed by atoms with E-state index in [0.717, 1.165) is 11.1 Å². The molecule has 0 aliphatic carbocycles. The van der Waals surface area contributed by atoms with Crippen LogP contribution in [0.15, 0.2) is 52.9 Å². The minimum absolute atomic E-state index is 0.142. The lowest BCUT2D eigenvalue weighted by Crippen LogP contribution is -2.32. The first-order valence-corrected chi connectivity index (χ1v) is 9.72. The Kier molecular flexibility index (Phi) is 6.92. The van der Waals surface area contributed by atoms with E-state index in [4.69, 9.17) is 4.42 Å². The Morgan fingerprint density at radius 3 is 2.37 bits per heavy atom. The fourth-order valence-electron chi connectivity index (χ4n) is 2.93. The highest BCUT2D eigenvalue weighted by Gasteiger charge is 2.15. The summed E-state index contributed by atoms with van der Waals surface area (Å²) in [5, 5.41) is 13.8. The van der Waals surface area contributed by atoms with Crippen molar-refractivity contribution in [2.24, 2.45) is 0 Å². The molecule has 0 radical (unpaired) electrons. The molecule has 1 heterocycles. The molecule has 8 nitrogen and oxygen atoms in total. The Morgan fingerprint density at radius 1 is 1.03 bits per heavy atom. The third-order valence-electron chi connectivity index (χ3n) is 4.39. The maximum atomic E-state index is 12.4. The van der Waals surface area contributed by atoms with Crippen molar-refractivity contribution in [3.63, 3.8) is 0 Å². The van der Waals surface area contributed by atoms with E-state index in [9.17, 15) is 9.59 Å². The number of amides is 2. The van der Waals surface area contributed by atoms with Gasteiger partial charge in [-0.05, 0) is 49.9 Å². The minimum atomic E-state index is -0.150. The van der Waals surface area contributed by atoms with Crippen LogP contribution in [0.4, 0.5) is 11.4 Å². The zero-order valence-corrected chi connectivity index (χ0v) is 17.3. The second-order valence-electron chi connectivity index (χ2n) is 6.98. The number of anilines is 2. The molecule has 0 aliphatic rings. The molecule has 156 valence electrons. The summed E-state index contributed by atoms with van der Waals surface area (Å²) in [4.78, 5) is 25.4. The number of benzene rings is 2. The van der Waals surface area contributed by atoms with Gasteiger partial charge >= 0.3 is 0 Å². The van der Waals surface area contributed by atoms with Gasteiger partial charge in [-0.15, -0.1) is 10.2 Å². The summed E-state index contributed by atoms with van der Waals surface area (Å²) >= 11 is 0. The molecule has 0 unspecified atom stereocenters. The molecule has 0 saturated heterocycles. The first kappa shape index (κ1) is 21.2. The first-order chi connectivity index (χ1) is 14.4. The van der Waals surface area contributed by atoms with Crippen LogP contribution in [0.1, 0.15) is 25.3 Å². The zero-order chi connectivity index (χ0) is 21.5. The molecule has 0 fully saturated rings. The summed E-state index contributed by atoms with van der Waals surface area (Å²) in [5.41, 5.74) is 3.32. The normalized spacial score (nSPS) is 10.8. The Morgan fingerprint density at radius 2 is 1.73 bits per heavy atom. The quantitative estimate of drug-likeness (QED) is 0.593. The van der Waals surface area contributed by atoms with E-state index < -0.39 is 0 Å². The van der Waals surface area contributed by atoms with Gasteiger partial charge in [0.25, 0.3) is 0 Å². The van der Waals surface area contributed by atoms with Crippen molar-refractivity contribution in [2.75, 3.05) is 23.7 Å². The second kappa shape index (κ2) is 9.80. The highest BCUT2D eigenvalue weighted by Crippen LogP contribution is 2.19. The summed E-state index contributed by atoms with van der Waals surface area (Å²) in [6, 6.07) is 14.8. The molecule has 0 saturated carbocycles. The van der Waals surface area contributed by atoms with Crippen molar-refractivity contribution in [2.45, 2.75) is 27.3 Å². The molecule has 2 aromatic carbocycles. The van der Waals surface area contributed by atoms with Crippen molar-refractivity contribution in [3.05, 3.63) is 60.0 Å². The van der Waals surface area contributed by atoms with Crippen molar-refractivity contribution in [1.82, 2.24) is 15.1 Å². The van der Waals surface area contributed by atoms with E-state index in [2.05, 4.69) is 20.8 Å². The van der Waals surface area contributed by atoms with Crippen molar-refractivity contribution in [1.29, 1.82) is 0 Å². The molecule has 30 heavy (non-hydrogen) atoms. The van der Waals surface area contributed by atoms with Gasteiger partial charge in [-0.2, -0.15) is 0 Å². The molecule has 2 amide bonds. The number of aromatic nitrogens is 2. The Labute approximate surface area is 175 Å². The maximum absolute atomic E-state index is 12.4. The number of carbonyl (C=O) groups is 2. The Hall–Kier alpha value is -3.52. The molecule has 0 bridgehead atoms. The van der Waals surface area contributed by atoms with E-state index >= 15 is 0 Å². The summed E-state index contributed by atoms with van der Waals surface area (Å²) in [6.45, 7) is 6.63. The summed E-state index contributed by atoms with van der Waals surface area (Å²) in [5.74, 6) is 0.633. The van der Waals surface area contributed by atoms with E-state index in [-0.39, 0.29) is 18.4 Å². The lowest BCUT2D eigenvalue weighted by Gasteiger charge is -2.17. The van der Waals surface area contributed by atoms with Gasteiger partial charge in [-0.1, -0.05) is 24.6 Å². The van der Waals surface area contributed by atoms with Crippen LogP contribution in [-0.2, 0) is 16.1 Å². The van der Waals surface area contributed by atoms with Crippen LogP contribution in [0.25, 0.3) is 11.5 Å². The third kappa shape index (κ3) is 5.99. The van der Waals surface area contributed by atoms with Crippen molar-refractivity contribution in [3.8, 4) is 11.5 Å². The third-order valence-corrected chi connectivity index (χ3v) is 4.39. The van der Waals surface area contributed by atoms with E-state index in [1.165, 1.54) is 6.92 Å². The SMILES string of the molecule is CCN(CC(=O)Nc1ccc(NC(C)=O)cc1)Cc1nnc(-c2cccc(C)c2)o1. The fraction of sp³-hybridized carbons (Fsp3) is 0.273. The van der Waals surface area contributed by atoms with Crippen molar-refractivity contribution >= 4 is 23.2 Å². The molecule has 0 spiro atoms. The van der Waals surface area contributed by atoms with E-state index in [1.54, 1.807) is 24.3 Å². The van der Waals surface area contributed by atoms with Crippen LogP contribution in [0.2, 0.25) is 0 Å². The number of carbonyl (C=O) groups excluding carboxylic acids is 2. The number of hydrogen-bond donors (Lipinski definition) is 2. The lowest BCUT2D eigenvalue weighted by atomic mass is 10.1. The van der Waals surface area contributed by atoms with Gasteiger partial charge in [0.1, 0.15) is 0 Å². The topological polar surface area (TPSA) is 100 Å². The molecule has 3 rings (SSSR count). The minimum Gasteiger partial charge on any atom is -0.419 e. The molecule has 2 N–H and O–H groups in total. The number of nitrogens with one attached hydrogen (secondary N) is 2. The van der Waals surface area contributed by atoms with E-state index in [1.807, 2.05) is 43.0 Å². The highest BCUT2D eigenvalue weighted by molar-refractivity contribution is 5.93. The molecule has 1 aromatic heterocycles. The van der Waals surface area contributed by atoms with Crippen LogP contribution in [-0.4, -0.2) is 40.0 Å². The van der Waals surface area contributed by atoms with Crippen LogP contribution >= 0.6 is 0 Å². The van der Waals surface area contributed by atoms with Crippen LogP contribution in [0, 0.1) is 6.92 Å². The smallest absolute Gasteiger partial charge is 0.247 e. The molecule has 0 atom stereocenters. The molecular formula is C22H25N5O3. The second-order valence-corrected chi connectivity index (χ2v) is 6.98. The van der Waals surface area contributed by atoms with Gasteiger partial charge in [0, 0.05) is 23.9 Å². The Balaban J connectivity index is 1.56. The van der Waals surface area contributed by atoms with Gasteiger partial charge in [0.15, 0.2) is 0 Å². The van der Waals surface area contributed by atoms with Crippen molar-refractivity contribution < 1.29 is 14.0 Å². The predicted octanol–water partition coefficient (Wildman–Crippen LogP) is 3.46. The average molecular weight is 407 g/mol. The standard InChI is InChI=1S/C22H25N5O3/c1-4-27(13-20(29)24-19-10-8-18(9-11-19)23-16(3)28)14-21-25-26-22(30-21)17-7-5-6-15(2)12-17/h5-12H,4,13-14H2,1-3H3,(H,23,28)(H,24,29). The fourth-order valence-corrected chi connectivity index (χ4v) is 2.93. The monoisotopic (exact) mass is 407 g/mol.